The van der Waals surface area contributed by atoms with Crippen molar-refractivity contribution in [3.05, 3.63) is 82.9 Å². The van der Waals surface area contributed by atoms with Gasteiger partial charge in [-0.3, -0.25) is 9.59 Å². The van der Waals surface area contributed by atoms with Crippen LogP contribution in [0, 0.1) is 0 Å². The van der Waals surface area contributed by atoms with E-state index in [1.807, 2.05) is 49.4 Å². The third-order valence-electron chi connectivity index (χ3n) is 6.85. The number of carbonyl (C=O) groups is 2. The van der Waals surface area contributed by atoms with Crippen LogP contribution < -0.4 is 5.32 Å². The van der Waals surface area contributed by atoms with Crippen molar-refractivity contribution in [2.45, 2.75) is 70.5 Å². The van der Waals surface area contributed by atoms with Gasteiger partial charge >= 0.3 is 0 Å². The largest absolute Gasteiger partial charge is 0.352 e. The maximum atomic E-state index is 13.5. The Hall–Kier alpha value is -2.85. The van der Waals surface area contributed by atoms with Crippen molar-refractivity contribution in [1.82, 2.24) is 10.2 Å². The molecule has 34 heavy (non-hydrogen) atoms. The number of rotatable bonds is 8. The van der Waals surface area contributed by atoms with E-state index in [4.69, 9.17) is 11.6 Å². The summed E-state index contributed by atoms with van der Waals surface area (Å²) in [5, 5.41) is 6.15. The van der Waals surface area contributed by atoms with Crippen LogP contribution in [0.4, 0.5) is 0 Å². The van der Waals surface area contributed by atoms with Gasteiger partial charge in [0.05, 0.1) is 0 Å². The lowest BCUT2D eigenvalue weighted by Crippen LogP contribution is -2.50. The molecule has 3 aromatic rings. The van der Waals surface area contributed by atoms with Crippen LogP contribution in [0.5, 0.6) is 0 Å². The average Bonchev–Trinajstić information content (AvgIpc) is 2.86. The average molecular weight is 477 g/mol. The molecule has 1 N–H and O–H groups in total. The molecule has 0 aliphatic heterocycles. The van der Waals surface area contributed by atoms with Crippen LogP contribution in [0.2, 0.25) is 5.02 Å². The minimum absolute atomic E-state index is 0.0285. The van der Waals surface area contributed by atoms with E-state index in [1.54, 1.807) is 4.90 Å². The molecule has 4 rings (SSSR count). The van der Waals surface area contributed by atoms with E-state index in [1.165, 1.54) is 17.2 Å². The van der Waals surface area contributed by atoms with Gasteiger partial charge in [-0.2, -0.15) is 0 Å². The molecule has 0 radical (unpaired) electrons. The van der Waals surface area contributed by atoms with Crippen LogP contribution in [0.1, 0.15) is 56.6 Å². The predicted octanol–water partition coefficient (Wildman–Crippen LogP) is 6.29. The Balaban J connectivity index is 1.50. The number of amides is 2. The first-order valence-electron chi connectivity index (χ1n) is 12.3. The molecule has 3 aromatic carbocycles. The van der Waals surface area contributed by atoms with E-state index in [9.17, 15) is 9.59 Å². The second kappa shape index (κ2) is 11.5. The Morgan fingerprint density at radius 3 is 2.53 bits per heavy atom. The molecule has 4 nitrogen and oxygen atoms in total. The van der Waals surface area contributed by atoms with Crippen molar-refractivity contribution in [3.63, 3.8) is 0 Å². The van der Waals surface area contributed by atoms with E-state index in [2.05, 4.69) is 29.6 Å². The van der Waals surface area contributed by atoms with Gasteiger partial charge in [0.2, 0.25) is 11.8 Å². The molecule has 0 saturated heterocycles. The van der Waals surface area contributed by atoms with Crippen LogP contribution in [-0.4, -0.2) is 28.8 Å². The smallest absolute Gasteiger partial charge is 0.242 e. The fourth-order valence-electron chi connectivity index (χ4n) is 4.88. The monoisotopic (exact) mass is 476 g/mol. The number of benzene rings is 3. The molecule has 0 spiro atoms. The van der Waals surface area contributed by atoms with Gasteiger partial charge in [-0.25, -0.2) is 0 Å². The quantitative estimate of drug-likeness (QED) is 0.415. The van der Waals surface area contributed by atoms with Gasteiger partial charge in [0.1, 0.15) is 6.04 Å². The van der Waals surface area contributed by atoms with Crippen LogP contribution in [-0.2, 0) is 22.6 Å². The first-order chi connectivity index (χ1) is 16.5. The third kappa shape index (κ3) is 6.18. The summed E-state index contributed by atoms with van der Waals surface area (Å²) in [6.45, 7) is 2.19. The molecule has 178 valence electrons. The van der Waals surface area contributed by atoms with Crippen LogP contribution in [0.15, 0.2) is 66.7 Å². The highest BCUT2D eigenvalue weighted by atomic mass is 35.5. The Morgan fingerprint density at radius 2 is 1.74 bits per heavy atom. The normalized spacial score (nSPS) is 15.1. The molecule has 1 aliphatic carbocycles. The summed E-state index contributed by atoms with van der Waals surface area (Å²) in [4.78, 5) is 28.3. The highest BCUT2D eigenvalue weighted by Crippen LogP contribution is 2.22. The highest BCUT2D eigenvalue weighted by molar-refractivity contribution is 6.30. The molecular formula is C29H33ClN2O2. The zero-order chi connectivity index (χ0) is 23.9. The SMILES string of the molecule is C[C@H](C(=O)NC1CCCCC1)N(Cc1cccc(Cl)c1)C(=O)CCc1cccc2ccccc12. The van der Waals surface area contributed by atoms with Crippen molar-refractivity contribution in [2.24, 2.45) is 0 Å². The zero-order valence-corrected chi connectivity index (χ0v) is 20.6. The lowest BCUT2D eigenvalue weighted by Gasteiger charge is -2.31. The fraction of sp³-hybridized carbons (Fsp3) is 0.379. The maximum absolute atomic E-state index is 13.5. The molecule has 1 atom stereocenters. The Bertz CT molecular complexity index is 1130. The molecule has 1 aliphatic rings. The molecule has 5 heteroatoms. The standard InChI is InChI=1S/C29H33ClN2O2/c1-21(29(34)31-26-14-3-2-4-15-26)32(20-22-9-7-13-25(30)19-22)28(33)18-17-24-12-8-11-23-10-5-6-16-27(23)24/h5-13,16,19,21,26H,2-4,14-15,17-18,20H2,1H3,(H,31,34)/t21-/m1/s1. The summed E-state index contributed by atoms with van der Waals surface area (Å²) >= 11 is 6.19. The minimum atomic E-state index is -0.555. The number of halogens is 1. The number of nitrogens with zero attached hydrogens (tertiary/aromatic N) is 1. The number of hydrogen-bond acceptors (Lipinski definition) is 2. The van der Waals surface area contributed by atoms with Crippen molar-refractivity contribution >= 4 is 34.2 Å². The van der Waals surface area contributed by atoms with Crippen molar-refractivity contribution in [3.8, 4) is 0 Å². The van der Waals surface area contributed by atoms with Gasteiger partial charge in [0, 0.05) is 24.0 Å². The molecule has 1 saturated carbocycles. The van der Waals surface area contributed by atoms with Crippen molar-refractivity contribution in [1.29, 1.82) is 0 Å². The van der Waals surface area contributed by atoms with E-state index in [0.29, 0.717) is 24.4 Å². The van der Waals surface area contributed by atoms with E-state index < -0.39 is 6.04 Å². The van der Waals surface area contributed by atoms with Gasteiger partial charge < -0.3 is 10.2 Å². The fourth-order valence-corrected chi connectivity index (χ4v) is 5.09. The first kappa shape index (κ1) is 24.3. The summed E-state index contributed by atoms with van der Waals surface area (Å²) in [6, 6.07) is 21.6. The van der Waals surface area contributed by atoms with Crippen molar-refractivity contribution < 1.29 is 9.59 Å². The van der Waals surface area contributed by atoms with E-state index in [0.717, 1.165) is 36.8 Å². The number of aryl methyl sites for hydroxylation is 1. The van der Waals surface area contributed by atoms with Gasteiger partial charge in [-0.1, -0.05) is 85.5 Å². The maximum Gasteiger partial charge on any atom is 0.242 e. The molecule has 0 heterocycles. The summed E-state index contributed by atoms with van der Waals surface area (Å²) in [7, 11) is 0. The Kier molecular flexibility index (Phi) is 8.23. The summed E-state index contributed by atoms with van der Waals surface area (Å²) < 4.78 is 0. The molecule has 2 amide bonds. The van der Waals surface area contributed by atoms with Gasteiger partial charge in [0.25, 0.3) is 0 Å². The van der Waals surface area contributed by atoms with E-state index >= 15 is 0 Å². The lowest BCUT2D eigenvalue weighted by molar-refractivity contribution is -0.141. The van der Waals surface area contributed by atoms with Crippen LogP contribution in [0.3, 0.4) is 0 Å². The Labute approximate surface area is 207 Å². The first-order valence-corrected chi connectivity index (χ1v) is 12.7. The topological polar surface area (TPSA) is 49.4 Å². The molecule has 0 aromatic heterocycles. The van der Waals surface area contributed by atoms with Gasteiger partial charge in [-0.15, -0.1) is 0 Å². The number of hydrogen-bond donors (Lipinski definition) is 1. The second-order valence-electron chi connectivity index (χ2n) is 9.31. The zero-order valence-electron chi connectivity index (χ0n) is 19.8. The Morgan fingerprint density at radius 1 is 1.00 bits per heavy atom. The molecule has 0 unspecified atom stereocenters. The van der Waals surface area contributed by atoms with Crippen molar-refractivity contribution in [2.75, 3.05) is 0 Å². The number of carbonyl (C=O) groups excluding carboxylic acids is 2. The van der Waals surface area contributed by atoms with Gasteiger partial charge in [0.15, 0.2) is 0 Å². The third-order valence-corrected chi connectivity index (χ3v) is 7.08. The highest BCUT2D eigenvalue weighted by Gasteiger charge is 2.28. The van der Waals surface area contributed by atoms with Crippen LogP contribution >= 0.6 is 11.6 Å². The van der Waals surface area contributed by atoms with Gasteiger partial charge in [-0.05, 0) is 60.2 Å². The summed E-state index contributed by atoms with van der Waals surface area (Å²) in [6.07, 6.45) is 6.53. The summed E-state index contributed by atoms with van der Waals surface area (Å²) in [5.74, 6) is -0.105. The lowest BCUT2D eigenvalue weighted by atomic mass is 9.95. The number of nitrogens with one attached hydrogen (secondary N) is 1. The number of fused-ring (bicyclic) bond motifs is 1. The van der Waals surface area contributed by atoms with E-state index in [-0.39, 0.29) is 17.9 Å². The molecule has 0 bridgehead atoms. The molecular weight excluding hydrogens is 444 g/mol. The second-order valence-corrected chi connectivity index (χ2v) is 9.75. The molecule has 1 fully saturated rings. The minimum Gasteiger partial charge on any atom is -0.352 e. The van der Waals surface area contributed by atoms with Crippen LogP contribution in [0.25, 0.3) is 10.8 Å². The summed E-state index contributed by atoms with van der Waals surface area (Å²) in [5.41, 5.74) is 2.07. The predicted molar refractivity (Wildman–Crippen MR) is 139 cm³/mol.